The fraction of sp³-hybridized carbons (Fsp3) is 1.00. The van der Waals surface area contributed by atoms with Crippen molar-refractivity contribution in [2.45, 2.75) is 19.0 Å². The second kappa shape index (κ2) is 3.12. The molecule has 4 heteroatoms. The van der Waals surface area contributed by atoms with Gasteiger partial charge in [-0.3, -0.25) is 5.73 Å². The third-order valence-electron chi connectivity index (χ3n) is 1.44. The van der Waals surface area contributed by atoms with Crippen LogP contribution in [0.2, 0.25) is 0 Å². The van der Waals surface area contributed by atoms with Gasteiger partial charge >= 0.3 is 0 Å². The van der Waals surface area contributed by atoms with Gasteiger partial charge in [0, 0.05) is 13.3 Å². The minimum absolute atomic E-state index is 0.0351. The lowest BCUT2D eigenvalue weighted by atomic mass is 10.1. The lowest BCUT2D eigenvalue weighted by Crippen LogP contribution is -3.15. The van der Waals surface area contributed by atoms with Crippen molar-refractivity contribution in [2.75, 3.05) is 13.7 Å². The number of aliphatic hydroxyl groups excluding tert-OH is 1. The van der Waals surface area contributed by atoms with E-state index in [4.69, 9.17) is 10.8 Å². The summed E-state index contributed by atoms with van der Waals surface area (Å²) in [6.07, 6.45) is 0.336. The van der Waals surface area contributed by atoms with Crippen LogP contribution in [0, 0.1) is 5.21 Å². The van der Waals surface area contributed by atoms with E-state index in [2.05, 4.69) is 0 Å². The van der Waals surface area contributed by atoms with Gasteiger partial charge in [0.1, 0.15) is 5.66 Å². The molecule has 2 atom stereocenters. The number of aliphatic hydroxyl groups is 1. The lowest BCUT2D eigenvalue weighted by molar-refractivity contribution is -0.883. The maximum atomic E-state index is 10.6. The van der Waals surface area contributed by atoms with Crippen LogP contribution in [0.25, 0.3) is 0 Å². The first kappa shape index (κ1) is 8.84. The van der Waals surface area contributed by atoms with Crippen LogP contribution in [0.1, 0.15) is 13.3 Å². The molecule has 0 aliphatic carbocycles. The van der Waals surface area contributed by atoms with E-state index in [9.17, 15) is 5.21 Å². The summed E-state index contributed by atoms with van der Waals surface area (Å²) in [7, 11) is 1.43. The Labute approximate surface area is 54.8 Å². The Kier molecular flexibility index (Phi) is 3.07. The zero-order valence-electron chi connectivity index (χ0n) is 5.85. The van der Waals surface area contributed by atoms with E-state index in [0.717, 1.165) is 0 Å². The largest absolute Gasteiger partial charge is 0.633 e. The summed E-state index contributed by atoms with van der Waals surface area (Å²) in [6.45, 7) is 1.58. The Bertz CT molecular complexity index is 83.0. The Morgan fingerprint density at radius 2 is 2.22 bits per heavy atom. The Balaban J connectivity index is 3.70. The summed E-state index contributed by atoms with van der Waals surface area (Å²) in [4.78, 5) is 0. The minimum Gasteiger partial charge on any atom is -0.633 e. The number of hydroxylamine groups is 2. The van der Waals surface area contributed by atoms with E-state index >= 15 is 0 Å². The van der Waals surface area contributed by atoms with E-state index in [1.807, 2.05) is 0 Å². The molecule has 0 aromatic carbocycles. The van der Waals surface area contributed by atoms with E-state index in [0.29, 0.717) is 6.42 Å². The van der Waals surface area contributed by atoms with Crippen LogP contribution in [-0.4, -0.2) is 24.4 Å². The monoisotopic (exact) mass is 134 g/mol. The molecule has 0 aromatic rings. The minimum atomic E-state index is -0.839. The topological polar surface area (TPSA) is 73.8 Å². The van der Waals surface area contributed by atoms with Gasteiger partial charge in [-0.2, -0.15) is 0 Å². The Hall–Kier alpha value is -0.160. The van der Waals surface area contributed by atoms with Crippen LogP contribution in [0.4, 0.5) is 0 Å². The van der Waals surface area contributed by atoms with Crippen LogP contribution in [0.3, 0.4) is 0 Å². The molecule has 0 aromatic heterocycles. The summed E-state index contributed by atoms with van der Waals surface area (Å²) in [6, 6.07) is 0. The third kappa shape index (κ3) is 2.76. The maximum Gasteiger partial charge on any atom is 0.147 e. The number of rotatable bonds is 3. The lowest BCUT2D eigenvalue weighted by Gasteiger charge is -2.33. The fourth-order valence-corrected chi connectivity index (χ4v) is 0.408. The van der Waals surface area contributed by atoms with Crippen molar-refractivity contribution in [3.05, 3.63) is 5.21 Å². The van der Waals surface area contributed by atoms with Gasteiger partial charge in [-0.1, -0.05) is 0 Å². The number of quaternary nitrogens is 1. The number of hydrogen-bond donors (Lipinski definition) is 3. The zero-order valence-corrected chi connectivity index (χ0v) is 5.85. The second-order valence-electron chi connectivity index (χ2n) is 2.45. The molecule has 0 fully saturated rings. The second-order valence-corrected chi connectivity index (χ2v) is 2.45. The highest BCUT2D eigenvalue weighted by atomic mass is 16.5. The summed E-state index contributed by atoms with van der Waals surface area (Å²) in [5.74, 6) is 0. The van der Waals surface area contributed by atoms with E-state index in [1.165, 1.54) is 7.05 Å². The standard InChI is InChI=1S/C5H14N2O2/c1-5(6,3-4-8)7(2)9/h7-8H,3-4,6H2,1-2H3. The molecule has 0 heterocycles. The van der Waals surface area contributed by atoms with Crippen LogP contribution in [0.5, 0.6) is 0 Å². The zero-order chi connectivity index (χ0) is 7.49. The highest BCUT2D eigenvalue weighted by molar-refractivity contribution is 4.62. The van der Waals surface area contributed by atoms with Crippen molar-refractivity contribution in [3.8, 4) is 0 Å². The van der Waals surface area contributed by atoms with Crippen molar-refractivity contribution < 1.29 is 10.2 Å². The molecular weight excluding hydrogens is 120 g/mol. The number of nitrogens with one attached hydrogen (secondary N) is 1. The van der Waals surface area contributed by atoms with E-state index in [-0.39, 0.29) is 11.7 Å². The normalized spacial score (nSPS) is 21.0. The van der Waals surface area contributed by atoms with Crippen molar-refractivity contribution in [1.82, 2.24) is 0 Å². The van der Waals surface area contributed by atoms with E-state index in [1.54, 1.807) is 6.92 Å². The van der Waals surface area contributed by atoms with Crippen molar-refractivity contribution in [1.29, 1.82) is 0 Å². The average Bonchev–Trinajstić information content (AvgIpc) is 1.65. The molecular formula is C5H14N2O2. The molecule has 0 saturated carbocycles. The predicted octanol–water partition coefficient (Wildman–Crippen LogP) is -1.94. The summed E-state index contributed by atoms with van der Waals surface area (Å²) >= 11 is 0. The maximum absolute atomic E-state index is 10.6. The van der Waals surface area contributed by atoms with Gasteiger partial charge in [-0.25, -0.2) is 0 Å². The summed E-state index contributed by atoms with van der Waals surface area (Å²) < 4.78 is 0. The summed E-state index contributed by atoms with van der Waals surface area (Å²) in [5.41, 5.74) is 4.62. The van der Waals surface area contributed by atoms with Crippen LogP contribution in [-0.2, 0) is 0 Å². The van der Waals surface area contributed by atoms with E-state index < -0.39 is 5.66 Å². The summed E-state index contributed by atoms with van der Waals surface area (Å²) in [5, 5.41) is 19.0. The molecule has 0 aliphatic heterocycles. The molecule has 0 amide bonds. The van der Waals surface area contributed by atoms with Gasteiger partial charge in [0.05, 0.1) is 13.7 Å². The molecule has 2 unspecified atom stereocenters. The SMILES string of the molecule is C[NH+]([O-])C(C)(N)CCO. The average molecular weight is 134 g/mol. The third-order valence-corrected chi connectivity index (χ3v) is 1.44. The van der Waals surface area contributed by atoms with Gasteiger partial charge in [-0.05, 0) is 0 Å². The molecule has 0 spiro atoms. The Morgan fingerprint density at radius 1 is 1.78 bits per heavy atom. The van der Waals surface area contributed by atoms with Crippen molar-refractivity contribution in [2.24, 2.45) is 5.73 Å². The first-order valence-corrected chi connectivity index (χ1v) is 2.91. The molecule has 9 heavy (non-hydrogen) atoms. The van der Waals surface area contributed by atoms with Gasteiger partial charge in [-0.15, -0.1) is 0 Å². The quantitative estimate of drug-likeness (QED) is 0.310. The first-order valence-electron chi connectivity index (χ1n) is 2.91. The first-order chi connectivity index (χ1) is 4.00. The number of hydrogen-bond acceptors (Lipinski definition) is 3. The molecule has 0 rings (SSSR count). The van der Waals surface area contributed by atoms with Crippen molar-refractivity contribution >= 4 is 0 Å². The highest BCUT2D eigenvalue weighted by Crippen LogP contribution is 1.91. The van der Waals surface area contributed by atoms with Crippen LogP contribution < -0.4 is 10.8 Å². The van der Waals surface area contributed by atoms with Crippen LogP contribution in [0.15, 0.2) is 0 Å². The molecule has 56 valence electrons. The van der Waals surface area contributed by atoms with Gasteiger partial charge in [0.25, 0.3) is 0 Å². The van der Waals surface area contributed by atoms with Gasteiger partial charge in [0.2, 0.25) is 0 Å². The highest BCUT2D eigenvalue weighted by Gasteiger charge is 2.21. The molecule has 0 saturated heterocycles. The molecule has 0 bridgehead atoms. The van der Waals surface area contributed by atoms with Gasteiger partial charge < -0.3 is 15.4 Å². The number of nitrogens with two attached hydrogens (primary N) is 1. The Morgan fingerprint density at radius 3 is 2.33 bits per heavy atom. The predicted molar refractivity (Wildman–Crippen MR) is 34.5 cm³/mol. The smallest absolute Gasteiger partial charge is 0.147 e. The molecule has 0 aliphatic rings. The van der Waals surface area contributed by atoms with Gasteiger partial charge in [0.15, 0.2) is 0 Å². The van der Waals surface area contributed by atoms with Crippen LogP contribution >= 0.6 is 0 Å². The molecule has 4 N–H and O–H groups in total. The molecule has 0 radical (unpaired) electrons. The fourth-order valence-electron chi connectivity index (χ4n) is 0.408. The molecule has 4 nitrogen and oxygen atoms in total. The van der Waals surface area contributed by atoms with Crippen molar-refractivity contribution in [3.63, 3.8) is 0 Å².